The Kier molecular flexibility index (Phi) is 5.13. The van der Waals surface area contributed by atoms with E-state index < -0.39 is 5.97 Å². The first-order chi connectivity index (χ1) is 10.1. The zero-order valence-electron chi connectivity index (χ0n) is 12.2. The molecule has 0 fully saturated rings. The van der Waals surface area contributed by atoms with Crippen molar-refractivity contribution >= 4 is 39.8 Å². The molecule has 0 saturated carbocycles. The fraction of sp³-hybridized carbons (Fsp3) is 0.385. The molecular weight excluding hydrogens is 308 g/mol. The van der Waals surface area contributed by atoms with Gasteiger partial charge in [0.05, 0.1) is 17.7 Å². The number of imidazole rings is 1. The maximum Gasteiger partial charge on any atom is 0.350 e. The molecule has 0 aliphatic carbocycles. The van der Waals surface area contributed by atoms with Gasteiger partial charge in [0.15, 0.2) is 0 Å². The number of hydrogen-bond acceptors (Lipinski definition) is 7. The topological polar surface area (TPSA) is 82.2 Å². The average Bonchev–Trinajstić information content (AvgIpc) is 3.02. The SMILES string of the molecule is COC(=O)c1sc(NCCc2nccn2C)c(SC)c1N. The van der Waals surface area contributed by atoms with Gasteiger partial charge in [-0.05, 0) is 6.26 Å². The number of nitrogens with zero attached hydrogens (tertiary/aromatic N) is 2. The summed E-state index contributed by atoms with van der Waals surface area (Å²) in [6.07, 6.45) is 6.42. The number of methoxy groups -OCH3 is 1. The summed E-state index contributed by atoms with van der Waals surface area (Å²) in [6.45, 7) is 0.721. The Bertz CT molecular complexity index is 636. The van der Waals surface area contributed by atoms with E-state index >= 15 is 0 Å². The van der Waals surface area contributed by atoms with Crippen LogP contribution >= 0.6 is 23.1 Å². The van der Waals surface area contributed by atoms with Crippen molar-refractivity contribution in [1.82, 2.24) is 9.55 Å². The van der Waals surface area contributed by atoms with E-state index in [2.05, 4.69) is 10.3 Å². The first-order valence-corrected chi connectivity index (χ1v) is 8.37. The molecule has 2 heterocycles. The zero-order valence-corrected chi connectivity index (χ0v) is 13.8. The third-order valence-electron chi connectivity index (χ3n) is 3.03. The Morgan fingerprint density at radius 2 is 2.38 bits per heavy atom. The lowest BCUT2D eigenvalue weighted by molar-refractivity contribution is 0.0607. The second-order valence-electron chi connectivity index (χ2n) is 4.33. The molecule has 0 spiro atoms. The molecule has 114 valence electrons. The van der Waals surface area contributed by atoms with Gasteiger partial charge in [-0.3, -0.25) is 0 Å². The van der Waals surface area contributed by atoms with E-state index in [4.69, 9.17) is 10.5 Å². The summed E-state index contributed by atoms with van der Waals surface area (Å²) < 4.78 is 6.74. The van der Waals surface area contributed by atoms with Crippen LogP contribution in [0.5, 0.6) is 0 Å². The first-order valence-electron chi connectivity index (χ1n) is 6.33. The van der Waals surface area contributed by atoms with E-state index in [1.165, 1.54) is 30.2 Å². The Labute approximate surface area is 131 Å². The third kappa shape index (κ3) is 3.33. The quantitative estimate of drug-likeness (QED) is 0.626. The van der Waals surface area contributed by atoms with Crippen molar-refractivity contribution in [3.63, 3.8) is 0 Å². The third-order valence-corrected chi connectivity index (χ3v) is 5.13. The second kappa shape index (κ2) is 6.86. The number of rotatable bonds is 6. The highest BCUT2D eigenvalue weighted by Gasteiger charge is 2.21. The highest BCUT2D eigenvalue weighted by Crippen LogP contribution is 2.41. The highest BCUT2D eigenvalue weighted by molar-refractivity contribution is 7.99. The van der Waals surface area contributed by atoms with Gasteiger partial charge in [0.1, 0.15) is 15.7 Å². The number of hydrogen-bond donors (Lipinski definition) is 2. The molecule has 2 aromatic heterocycles. The number of nitrogens with two attached hydrogens (primary N) is 1. The molecule has 0 bridgehead atoms. The number of thioether (sulfide) groups is 1. The maximum absolute atomic E-state index is 11.7. The summed E-state index contributed by atoms with van der Waals surface area (Å²) in [4.78, 5) is 17.3. The second-order valence-corrected chi connectivity index (χ2v) is 6.17. The molecule has 2 rings (SSSR count). The molecule has 0 atom stereocenters. The summed E-state index contributed by atoms with van der Waals surface area (Å²) in [5, 5.41) is 4.22. The number of carbonyl (C=O) groups excluding carboxylic acids is 1. The summed E-state index contributed by atoms with van der Waals surface area (Å²) in [7, 11) is 3.32. The molecule has 2 aromatic rings. The lowest BCUT2D eigenvalue weighted by Crippen LogP contribution is -2.08. The van der Waals surface area contributed by atoms with E-state index in [1.54, 1.807) is 6.20 Å². The lowest BCUT2D eigenvalue weighted by Gasteiger charge is -2.06. The Morgan fingerprint density at radius 1 is 1.62 bits per heavy atom. The van der Waals surface area contributed by atoms with Crippen molar-refractivity contribution in [3.05, 3.63) is 23.1 Å². The molecule has 0 radical (unpaired) electrons. The standard InChI is InChI=1S/C13H18N4O2S2/c1-17-7-6-15-8(17)4-5-16-12-10(20-3)9(14)11(21-12)13(18)19-2/h6-7,16H,4-5,14H2,1-3H3. The minimum atomic E-state index is -0.398. The normalized spacial score (nSPS) is 10.6. The van der Waals surface area contributed by atoms with Gasteiger partial charge in [0.25, 0.3) is 0 Å². The van der Waals surface area contributed by atoms with Crippen molar-refractivity contribution in [1.29, 1.82) is 0 Å². The fourth-order valence-corrected chi connectivity index (χ4v) is 3.90. The highest BCUT2D eigenvalue weighted by atomic mass is 32.2. The minimum Gasteiger partial charge on any atom is -0.465 e. The van der Waals surface area contributed by atoms with Gasteiger partial charge in [-0.15, -0.1) is 23.1 Å². The predicted octanol–water partition coefficient (Wildman–Crippen LogP) is 2.23. The van der Waals surface area contributed by atoms with Crippen LogP contribution in [0.1, 0.15) is 15.5 Å². The van der Waals surface area contributed by atoms with E-state index in [1.807, 2.05) is 24.1 Å². The molecule has 0 saturated heterocycles. The summed E-state index contributed by atoms with van der Waals surface area (Å²) in [6, 6.07) is 0. The number of carbonyl (C=O) groups is 1. The average molecular weight is 326 g/mol. The van der Waals surface area contributed by atoms with Crippen LogP contribution in [-0.2, 0) is 18.2 Å². The molecule has 8 heteroatoms. The maximum atomic E-state index is 11.7. The summed E-state index contributed by atoms with van der Waals surface area (Å²) in [5.74, 6) is 0.607. The van der Waals surface area contributed by atoms with Crippen molar-refractivity contribution < 1.29 is 9.53 Å². The van der Waals surface area contributed by atoms with E-state index in [-0.39, 0.29) is 0 Å². The molecule has 0 unspecified atom stereocenters. The Hall–Kier alpha value is -1.67. The molecule has 3 N–H and O–H groups in total. The first kappa shape index (κ1) is 15.7. The van der Waals surface area contributed by atoms with Gasteiger partial charge < -0.3 is 20.4 Å². The van der Waals surface area contributed by atoms with Crippen LogP contribution in [0.3, 0.4) is 0 Å². The number of anilines is 2. The molecule has 0 aliphatic rings. The van der Waals surface area contributed by atoms with Crippen LogP contribution in [0.2, 0.25) is 0 Å². The molecule has 21 heavy (non-hydrogen) atoms. The largest absolute Gasteiger partial charge is 0.465 e. The molecule has 0 amide bonds. The van der Waals surface area contributed by atoms with E-state index in [0.717, 1.165) is 28.7 Å². The number of nitrogens with one attached hydrogen (secondary N) is 1. The van der Waals surface area contributed by atoms with Crippen molar-refractivity contribution in [2.45, 2.75) is 11.3 Å². The van der Waals surface area contributed by atoms with Crippen LogP contribution in [0.15, 0.2) is 17.3 Å². The number of aromatic nitrogens is 2. The van der Waals surface area contributed by atoms with Crippen LogP contribution < -0.4 is 11.1 Å². The van der Waals surface area contributed by atoms with Crippen molar-refractivity contribution in [2.24, 2.45) is 7.05 Å². The minimum absolute atomic E-state index is 0.398. The predicted molar refractivity (Wildman–Crippen MR) is 87.3 cm³/mol. The van der Waals surface area contributed by atoms with Crippen molar-refractivity contribution in [2.75, 3.05) is 31.0 Å². The molecule has 6 nitrogen and oxygen atoms in total. The van der Waals surface area contributed by atoms with Crippen LogP contribution in [0, 0.1) is 0 Å². The van der Waals surface area contributed by atoms with E-state index in [0.29, 0.717) is 10.6 Å². The number of esters is 1. The monoisotopic (exact) mass is 326 g/mol. The van der Waals surface area contributed by atoms with Gasteiger partial charge in [-0.25, -0.2) is 9.78 Å². The number of nitrogen functional groups attached to an aromatic ring is 1. The number of ether oxygens (including phenoxy) is 1. The zero-order chi connectivity index (χ0) is 15.4. The van der Waals surface area contributed by atoms with Crippen LogP contribution in [-0.4, -0.2) is 35.4 Å². The molecular formula is C13H18N4O2S2. The summed E-state index contributed by atoms with van der Waals surface area (Å²) >= 11 is 2.84. The number of thiophene rings is 1. The van der Waals surface area contributed by atoms with E-state index in [9.17, 15) is 4.79 Å². The Balaban J connectivity index is 2.09. The van der Waals surface area contributed by atoms with Gasteiger partial charge in [0.2, 0.25) is 0 Å². The number of aryl methyl sites for hydroxylation is 1. The van der Waals surface area contributed by atoms with Gasteiger partial charge >= 0.3 is 5.97 Å². The van der Waals surface area contributed by atoms with Gasteiger partial charge in [-0.2, -0.15) is 0 Å². The van der Waals surface area contributed by atoms with Crippen molar-refractivity contribution in [3.8, 4) is 0 Å². The summed E-state index contributed by atoms with van der Waals surface area (Å²) in [5.41, 5.74) is 6.50. The fourth-order valence-electron chi connectivity index (χ4n) is 1.92. The smallest absolute Gasteiger partial charge is 0.350 e. The van der Waals surface area contributed by atoms with Crippen LogP contribution in [0.4, 0.5) is 10.7 Å². The molecule has 0 aromatic carbocycles. The van der Waals surface area contributed by atoms with Gasteiger partial charge in [-0.1, -0.05) is 0 Å². The Morgan fingerprint density at radius 3 is 2.95 bits per heavy atom. The van der Waals surface area contributed by atoms with Crippen LogP contribution in [0.25, 0.3) is 0 Å². The molecule has 0 aliphatic heterocycles. The van der Waals surface area contributed by atoms with Gasteiger partial charge in [0, 0.05) is 32.4 Å². The lowest BCUT2D eigenvalue weighted by atomic mass is 10.3.